The fourth-order valence-electron chi connectivity index (χ4n) is 4.28. The number of benzene rings is 3. The van der Waals surface area contributed by atoms with Gasteiger partial charge in [0.1, 0.15) is 4.90 Å². The molecule has 3 aromatic rings. The molecule has 0 saturated carbocycles. The maximum atomic E-state index is 13.5. The first kappa shape index (κ1) is 32.0. The number of halogens is 3. The van der Waals surface area contributed by atoms with Gasteiger partial charge in [0, 0.05) is 18.2 Å². The molecule has 0 fully saturated rings. The van der Waals surface area contributed by atoms with Crippen molar-refractivity contribution in [3.63, 3.8) is 0 Å². The van der Waals surface area contributed by atoms with Crippen molar-refractivity contribution in [2.75, 3.05) is 7.11 Å². The average Bonchev–Trinajstić information content (AvgIpc) is 2.95. The zero-order valence-electron chi connectivity index (χ0n) is 23.7. The molecule has 222 valence electrons. The van der Waals surface area contributed by atoms with Gasteiger partial charge in [-0.1, -0.05) is 51.0 Å². The third kappa shape index (κ3) is 8.48. The fraction of sp³-hybridized carbons (Fsp3) is 0.387. The molecule has 0 bridgehead atoms. The molecule has 3 rings (SSSR count). The topological polar surface area (TPSA) is 72.9 Å². The number of methoxy groups -OCH3 is 1. The van der Waals surface area contributed by atoms with E-state index in [0.29, 0.717) is 23.6 Å². The number of hydrogen-bond acceptors (Lipinski definition) is 5. The van der Waals surface area contributed by atoms with Crippen LogP contribution >= 0.6 is 0 Å². The Bertz CT molecular complexity index is 1420. The summed E-state index contributed by atoms with van der Waals surface area (Å²) in [6.07, 6.45) is 0.297. The van der Waals surface area contributed by atoms with Crippen LogP contribution in [-0.4, -0.2) is 32.4 Å². The molecule has 0 heterocycles. The van der Waals surface area contributed by atoms with Gasteiger partial charge in [-0.2, -0.15) is 21.6 Å². The van der Waals surface area contributed by atoms with Gasteiger partial charge < -0.3 is 13.8 Å². The summed E-state index contributed by atoms with van der Waals surface area (Å²) in [5, 5.41) is 0. The number of aryl methyl sites for hydroxylation is 1. The van der Waals surface area contributed by atoms with E-state index >= 15 is 0 Å². The highest BCUT2D eigenvalue weighted by Crippen LogP contribution is 2.34. The normalized spacial score (nSPS) is 12.6. The van der Waals surface area contributed by atoms with E-state index < -0.39 is 26.8 Å². The monoisotopic (exact) mass is 591 g/mol. The van der Waals surface area contributed by atoms with E-state index in [2.05, 4.69) is 6.92 Å². The van der Waals surface area contributed by atoms with Gasteiger partial charge in [0.05, 0.1) is 12.7 Å². The largest absolute Gasteiger partial charge is 0.493 e. The van der Waals surface area contributed by atoms with Crippen molar-refractivity contribution in [3.05, 3.63) is 89.0 Å². The molecule has 3 aromatic carbocycles. The lowest BCUT2D eigenvalue weighted by Gasteiger charge is -2.29. The van der Waals surface area contributed by atoms with E-state index in [1.54, 1.807) is 11.0 Å². The fourth-order valence-corrected chi connectivity index (χ4v) is 5.26. The van der Waals surface area contributed by atoms with Crippen LogP contribution in [0.1, 0.15) is 73.5 Å². The second-order valence-corrected chi connectivity index (χ2v) is 11.4. The summed E-state index contributed by atoms with van der Waals surface area (Å²) in [5.74, 6) is -0.297. The van der Waals surface area contributed by atoms with Crippen LogP contribution in [0.2, 0.25) is 0 Å². The molecule has 0 aromatic heterocycles. The predicted octanol–water partition coefficient (Wildman–Crippen LogP) is 7.66. The maximum Gasteiger partial charge on any atom is 0.416 e. The van der Waals surface area contributed by atoms with Gasteiger partial charge >= 0.3 is 16.3 Å². The van der Waals surface area contributed by atoms with Crippen molar-refractivity contribution in [1.29, 1.82) is 0 Å². The maximum absolute atomic E-state index is 13.5. The van der Waals surface area contributed by atoms with E-state index in [9.17, 15) is 26.4 Å². The van der Waals surface area contributed by atoms with E-state index in [1.807, 2.05) is 38.1 Å². The highest BCUT2D eigenvalue weighted by atomic mass is 32.2. The third-order valence-corrected chi connectivity index (χ3v) is 8.11. The van der Waals surface area contributed by atoms with Gasteiger partial charge in [-0.3, -0.25) is 4.79 Å². The quantitative estimate of drug-likeness (QED) is 0.151. The Kier molecular flexibility index (Phi) is 10.8. The zero-order valence-corrected chi connectivity index (χ0v) is 24.5. The van der Waals surface area contributed by atoms with E-state index in [4.69, 9.17) is 8.92 Å². The SMILES string of the molecule is CCCCCc1ccc(C(=O)N(Cc2ccc(OC)c(OS(=O)(=O)c3cccc(C(F)(F)F)c3)c2)[C@H](C)CC)cc1. The number of hydrogen-bond donors (Lipinski definition) is 0. The third-order valence-electron chi connectivity index (χ3n) is 6.88. The Morgan fingerprint density at radius 3 is 2.22 bits per heavy atom. The number of nitrogens with zero attached hydrogens (tertiary/aromatic N) is 1. The lowest BCUT2D eigenvalue weighted by Crippen LogP contribution is -2.37. The minimum atomic E-state index is -4.72. The number of rotatable bonds is 13. The van der Waals surface area contributed by atoms with Crippen LogP contribution in [0.4, 0.5) is 13.2 Å². The molecule has 0 N–H and O–H groups in total. The standard InChI is InChI=1S/C31H36F3NO5S/c1-5-7-8-10-23-13-16-25(17-14-23)30(36)35(22(3)6-2)21-24-15-18-28(39-4)29(19-24)40-41(37,38)27-12-9-11-26(20-27)31(32,33)34/h9,11-20,22H,5-8,10,21H2,1-4H3/t22-/m1/s1. The molecule has 1 amide bonds. The summed E-state index contributed by atoms with van der Waals surface area (Å²) < 4.78 is 75.8. The van der Waals surface area contributed by atoms with Crippen LogP contribution in [0.5, 0.6) is 11.5 Å². The van der Waals surface area contributed by atoms with E-state index in [0.717, 1.165) is 43.9 Å². The van der Waals surface area contributed by atoms with Crippen LogP contribution < -0.4 is 8.92 Å². The van der Waals surface area contributed by atoms with Crippen LogP contribution in [0.15, 0.2) is 71.6 Å². The summed E-state index contributed by atoms with van der Waals surface area (Å²) in [4.78, 5) is 14.6. The highest BCUT2D eigenvalue weighted by molar-refractivity contribution is 7.87. The predicted molar refractivity (Wildman–Crippen MR) is 152 cm³/mol. The molecule has 0 spiro atoms. The highest BCUT2D eigenvalue weighted by Gasteiger charge is 2.32. The first-order valence-corrected chi connectivity index (χ1v) is 15.0. The number of carbonyl (C=O) groups is 1. The number of amides is 1. The summed E-state index contributed by atoms with van der Waals surface area (Å²) in [5.41, 5.74) is 1.16. The number of carbonyl (C=O) groups excluding carboxylic acids is 1. The molecular weight excluding hydrogens is 555 g/mol. The average molecular weight is 592 g/mol. The molecule has 41 heavy (non-hydrogen) atoms. The Hall–Kier alpha value is -3.53. The molecule has 0 aliphatic rings. The Balaban J connectivity index is 1.87. The number of unbranched alkanes of at least 4 members (excludes halogenated alkanes) is 2. The van der Waals surface area contributed by atoms with Gasteiger partial charge in [0.15, 0.2) is 11.5 Å². The van der Waals surface area contributed by atoms with E-state index in [1.165, 1.54) is 24.8 Å². The van der Waals surface area contributed by atoms with Gasteiger partial charge in [-0.05, 0) is 79.8 Å². The molecule has 0 saturated heterocycles. The molecule has 1 atom stereocenters. The van der Waals surface area contributed by atoms with Gasteiger partial charge in [0.25, 0.3) is 5.91 Å². The molecule has 0 radical (unpaired) electrons. The molecule has 0 aliphatic heterocycles. The first-order chi connectivity index (χ1) is 19.4. The minimum Gasteiger partial charge on any atom is -0.493 e. The van der Waals surface area contributed by atoms with Gasteiger partial charge in [-0.25, -0.2) is 0 Å². The van der Waals surface area contributed by atoms with Crippen molar-refractivity contribution in [3.8, 4) is 11.5 Å². The van der Waals surface area contributed by atoms with Crippen LogP contribution in [0, 0.1) is 0 Å². The summed E-state index contributed by atoms with van der Waals surface area (Å²) >= 11 is 0. The van der Waals surface area contributed by atoms with E-state index in [-0.39, 0.29) is 30.0 Å². The molecule has 0 aliphatic carbocycles. The number of ether oxygens (including phenoxy) is 1. The lowest BCUT2D eigenvalue weighted by atomic mass is 10.0. The van der Waals surface area contributed by atoms with Crippen LogP contribution in [0.3, 0.4) is 0 Å². The molecular formula is C31H36F3NO5S. The van der Waals surface area contributed by atoms with Crippen molar-refractivity contribution in [2.45, 2.75) is 76.5 Å². The number of alkyl halides is 3. The van der Waals surface area contributed by atoms with Crippen molar-refractivity contribution < 1.29 is 35.3 Å². The summed E-state index contributed by atoms with van der Waals surface area (Å²) in [6, 6.07) is 15.4. The Morgan fingerprint density at radius 1 is 0.927 bits per heavy atom. The Labute approximate surface area is 240 Å². The van der Waals surface area contributed by atoms with Crippen molar-refractivity contribution in [2.24, 2.45) is 0 Å². The van der Waals surface area contributed by atoms with Crippen LogP contribution in [0.25, 0.3) is 0 Å². The molecule has 0 unspecified atom stereocenters. The van der Waals surface area contributed by atoms with Gasteiger partial charge in [0.2, 0.25) is 0 Å². The van der Waals surface area contributed by atoms with Crippen molar-refractivity contribution >= 4 is 16.0 Å². The van der Waals surface area contributed by atoms with Gasteiger partial charge in [-0.15, -0.1) is 0 Å². The van der Waals surface area contributed by atoms with Crippen LogP contribution in [-0.2, 0) is 29.3 Å². The zero-order chi connectivity index (χ0) is 30.2. The first-order valence-electron chi connectivity index (χ1n) is 13.6. The second kappa shape index (κ2) is 13.9. The summed E-state index contributed by atoms with van der Waals surface area (Å²) in [7, 11) is -3.31. The molecule has 6 nitrogen and oxygen atoms in total. The smallest absolute Gasteiger partial charge is 0.416 e. The Morgan fingerprint density at radius 2 is 1.61 bits per heavy atom. The van der Waals surface area contributed by atoms with Crippen molar-refractivity contribution in [1.82, 2.24) is 4.90 Å². The minimum absolute atomic E-state index is 0.0735. The second-order valence-electron chi connectivity index (χ2n) is 9.89. The molecule has 10 heteroatoms. The lowest BCUT2D eigenvalue weighted by molar-refractivity contribution is -0.137. The summed E-state index contributed by atoms with van der Waals surface area (Å²) in [6.45, 7) is 6.19.